The number of nitrogens with one attached hydrogen (secondary N) is 1. The van der Waals surface area contributed by atoms with Crippen molar-refractivity contribution >= 4 is 28.1 Å². The van der Waals surface area contributed by atoms with Crippen LogP contribution in [0.15, 0.2) is 47.8 Å². The van der Waals surface area contributed by atoms with Gasteiger partial charge >= 0.3 is 0 Å². The average molecular weight is 401 g/mol. The van der Waals surface area contributed by atoms with Gasteiger partial charge in [0.15, 0.2) is 5.13 Å². The molecule has 1 saturated heterocycles. The Kier molecular flexibility index (Phi) is 5.31. The molecule has 0 unspecified atom stereocenters. The number of aromatic nitrogens is 1. The predicted octanol–water partition coefficient (Wildman–Crippen LogP) is 4.18. The number of hydrogen-bond donors (Lipinski definition) is 1. The van der Waals surface area contributed by atoms with Gasteiger partial charge in [-0.1, -0.05) is 12.1 Å². The third-order valence-electron chi connectivity index (χ3n) is 4.34. The smallest absolute Gasteiger partial charge is 0.255 e. The van der Waals surface area contributed by atoms with Crippen molar-refractivity contribution in [2.24, 2.45) is 0 Å². The van der Waals surface area contributed by atoms with Crippen LogP contribution in [0.2, 0.25) is 0 Å². The number of ether oxygens (including phenoxy) is 1. The van der Waals surface area contributed by atoms with Gasteiger partial charge in [0, 0.05) is 41.4 Å². The minimum absolute atomic E-state index is 0.0729. The van der Waals surface area contributed by atoms with Crippen LogP contribution in [0.5, 0.6) is 0 Å². The van der Waals surface area contributed by atoms with E-state index in [1.54, 1.807) is 23.5 Å². The van der Waals surface area contributed by atoms with Crippen LogP contribution in [0.1, 0.15) is 10.4 Å². The van der Waals surface area contributed by atoms with Gasteiger partial charge in [-0.3, -0.25) is 4.79 Å². The van der Waals surface area contributed by atoms with Crippen LogP contribution in [0, 0.1) is 11.6 Å². The lowest BCUT2D eigenvalue weighted by molar-refractivity contribution is 0.102. The maximum absolute atomic E-state index is 13.3. The molecule has 3 aromatic rings. The second-order valence-corrected chi connectivity index (χ2v) is 7.14. The van der Waals surface area contributed by atoms with Crippen LogP contribution in [0.25, 0.3) is 11.3 Å². The van der Waals surface area contributed by atoms with Gasteiger partial charge in [0.25, 0.3) is 5.91 Å². The molecule has 1 aliphatic rings. The monoisotopic (exact) mass is 401 g/mol. The molecule has 4 rings (SSSR count). The zero-order valence-electron chi connectivity index (χ0n) is 14.8. The van der Waals surface area contributed by atoms with Crippen LogP contribution < -0.4 is 10.2 Å². The Labute approximate surface area is 164 Å². The third kappa shape index (κ3) is 4.18. The molecule has 5 nitrogen and oxygen atoms in total. The molecular weight excluding hydrogens is 384 g/mol. The van der Waals surface area contributed by atoms with Crippen LogP contribution >= 0.6 is 11.3 Å². The van der Waals surface area contributed by atoms with Crippen molar-refractivity contribution in [2.45, 2.75) is 0 Å². The number of benzene rings is 2. The molecule has 2 aromatic carbocycles. The summed E-state index contributed by atoms with van der Waals surface area (Å²) in [5.41, 5.74) is 2.24. The fourth-order valence-corrected chi connectivity index (χ4v) is 3.80. The Hall–Kier alpha value is -2.84. The molecule has 2 heterocycles. The van der Waals surface area contributed by atoms with Gasteiger partial charge in [-0.2, -0.15) is 0 Å². The van der Waals surface area contributed by atoms with E-state index in [0.29, 0.717) is 18.9 Å². The van der Waals surface area contributed by atoms with Gasteiger partial charge in [-0.15, -0.1) is 11.3 Å². The number of halogens is 2. The highest BCUT2D eigenvalue weighted by atomic mass is 32.1. The fourth-order valence-electron chi connectivity index (χ4n) is 2.91. The van der Waals surface area contributed by atoms with E-state index in [1.165, 1.54) is 0 Å². The molecule has 1 aromatic heterocycles. The number of hydrogen-bond acceptors (Lipinski definition) is 5. The van der Waals surface area contributed by atoms with E-state index in [2.05, 4.69) is 15.2 Å². The predicted molar refractivity (Wildman–Crippen MR) is 105 cm³/mol. The largest absolute Gasteiger partial charge is 0.378 e. The highest BCUT2D eigenvalue weighted by Gasteiger charge is 2.15. The Balaban J connectivity index is 1.45. The average Bonchev–Trinajstić information content (AvgIpc) is 3.19. The minimum atomic E-state index is -0.792. The lowest BCUT2D eigenvalue weighted by Gasteiger charge is -2.26. The second-order valence-electron chi connectivity index (χ2n) is 6.30. The summed E-state index contributed by atoms with van der Waals surface area (Å²) in [5, 5.41) is 5.59. The number of amides is 1. The molecule has 0 radical (unpaired) electrons. The van der Waals surface area contributed by atoms with Gasteiger partial charge in [-0.05, 0) is 24.3 Å². The Bertz CT molecular complexity index is 965. The van der Waals surface area contributed by atoms with Crippen LogP contribution in [-0.4, -0.2) is 37.2 Å². The number of rotatable bonds is 4. The Morgan fingerprint density at radius 3 is 2.43 bits per heavy atom. The summed E-state index contributed by atoms with van der Waals surface area (Å²) >= 11 is 1.58. The normalized spacial score (nSPS) is 14.1. The molecule has 1 N–H and O–H groups in total. The molecule has 0 aliphatic carbocycles. The zero-order chi connectivity index (χ0) is 19.5. The molecule has 1 aliphatic heterocycles. The number of morpholine rings is 1. The van der Waals surface area contributed by atoms with Crippen molar-refractivity contribution in [3.05, 3.63) is 65.0 Å². The van der Waals surface area contributed by atoms with E-state index in [4.69, 9.17) is 4.74 Å². The van der Waals surface area contributed by atoms with Gasteiger partial charge in [0.2, 0.25) is 0 Å². The van der Waals surface area contributed by atoms with Crippen LogP contribution in [0.4, 0.5) is 19.6 Å². The molecule has 144 valence electrons. The number of nitrogens with zero attached hydrogens (tertiary/aromatic N) is 2. The van der Waals surface area contributed by atoms with Gasteiger partial charge < -0.3 is 15.0 Å². The van der Waals surface area contributed by atoms with Crippen molar-refractivity contribution in [3.8, 4) is 11.3 Å². The standard InChI is InChI=1S/C20H17F2N3O2S/c21-15-9-14(10-16(22)11-15)19(26)23-17-3-1-13(2-4-17)18-12-28-20(24-18)25-5-7-27-8-6-25/h1-4,9-12H,5-8H2,(H,23,26). The molecule has 1 fully saturated rings. The summed E-state index contributed by atoms with van der Waals surface area (Å²) in [6.45, 7) is 3.08. The van der Waals surface area contributed by atoms with E-state index in [1.807, 2.05) is 17.5 Å². The van der Waals surface area contributed by atoms with Crippen LogP contribution in [-0.2, 0) is 4.74 Å². The first-order valence-electron chi connectivity index (χ1n) is 8.74. The van der Waals surface area contributed by atoms with Gasteiger partial charge in [0.05, 0.1) is 18.9 Å². The minimum Gasteiger partial charge on any atom is -0.378 e. The number of thiazole rings is 1. The van der Waals surface area contributed by atoms with Crippen LogP contribution in [0.3, 0.4) is 0 Å². The summed E-state index contributed by atoms with van der Waals surface area (Å²) in [6, 6.07) is 9.88. The zero-order valence-corrected chi connectivity index (χ0v) is 15.6. The summed E-state index contributed by atoms with van der Waals surface area (Å²) in [6.07, 6.45) is 0. The van der Waals surface area contributed by atoms with E-state index in [0.717, 1.165) is 47.7 Å². The molecule has 1 amide bonds. The van der Waals surface area contributed by atoms with Crippen molar-refractivity contribution in [1.29, 1.82) is 0 Å². The topological polar surface area (TPSA) is 54.5 Å². The lowest BCUT2D eigenvalue weighted by Crippen LogP contribution is -2.36. The summed E-state index contributed by atoms with van der Waals surface area (Å²) < 4.78 is 31.9. The second kappa shape index (κ2) is 8.04. The van der Waals surface area contributed by atoms with Crippen molar-refractivity contribution in [3.63, 3.8) is 0 Å². The van der Waals surface area contributed by atoms with E-state index >= 15 is 0 Å². The maximum atomic E-state index is 13.3. The van der Waals surface area contributed by atoms with E-state index in [-0.39, 0.29) is 5.56 Å². The molecule has 0 bridgehead atoms. The molecule has 0 atom stereocenters. The van der Waals surface area contributed by atoms with Crippen molar-refractivity contribution < 1.29 is 18.3 Å². The number of carbonyl (C=O) groups is 1. The number of anilines is 2. The molecular formula is C20H17F2N3O2S. The molecule has 28 heavy (non-hydrogen) atoms. The first-order chi connectivity index (χ1) is 13.6. The Morgan fingerprint density at radius 1 is 1.07 bits per heavy atom. The van der Waals surface area contributed by atoms with Gasteiger partial charge in [-0.25, -0.2) is 13.8 Å². The maximum Gasteiger partial charge on any atom is 0.255 e. The third-order valence-corrected chi connectivity index (χ3v) is 5.24. The van der Waals surface area contributed by atoms with Crippen molar-refractivity contribution in [2.75, 3.05) is 36.5 Å². The van der Waals surface area contributed by atoms with E-state index < -0.39 is 17.5 Å². The first-order valence-corrected chi connectivity index (χ1v) is 9.62. The lowest BCUT2D eigenvalue weighted by atomic mass is 10.1. The van der Waals surface area contributed by atoms with Crippen molar-refractivity contribution in [1.82, 2.24) is 4.98 Å². The highest BCUT2D eigenvalue weighted by Crippen LogP contribution is 2.28. The number of carbonyl (C=O) groups excluding carboxylic acids is 1. The van der Waals surface area contributed by atoms with Gasteiger partial charge in [0.1, 0.15) is 11.6 Å². The molecule has 8 heteroatoms. The quantitative estimate of drug-likeness (QED) is 0.713. The molecule has 0 saturated carbocycles. The van der Waals surface area contributed by atoms with E-state index in [9.17, 15) is 13.6 Å². The summed E-state index contributed by atoms with van der Waals surface area (Å²) in [4.78, 5) is 19.1. The Morgan fingerprint density at radius 2 is 1.75 bits per heavy atom. The highest BCUT2D eigenvalue weighted by molar-refractivity contribution is 7.14. The fraction of sp³-hybridized carbons (Fsp3) is 0.200. The summed E-state index contributed by atoms with van der Waals surface area (Å²) in [5.74, 6) is -2.16. The molecule has 0 spiro atoms. The SMILES string of the molecule is O=C(Nc1ccc(-c2csc(N3CCOCC3)n2)cc1)c1cc(F)cc(F)c1. The first kappa shape index (κ1) is 18.5. The summed E-state index contributed by atoms with van der Waals surface area (Å²) in [7, 11) is 0.